The Morgan fingerprint density at radius 2 is 1.84 bits per heavy atom. The summed E-state index contributed by atoms with van der Waals surface area (Å²) in [7, 11) is 0. The number of benzene rings is 2. The van der Waals surface area contributed by atoms with Crippen molar-refractivity contribution in [3.8, 4) is 5.75 Å². The standard InChI is InChI=1S/C25H28N4O2S/c1-3-31-21-10-8-20(9-11-21)27-32-22-12-7-19(2)23(18-22)25(30)29-16-14-28(15-17-29)24-6-4-5-13-26-24/h4-13,18,27H,3,14-17H2,1-2H3. The Morgan fingerprint density at radius 3 is 2.53 bits per heavy atom. The van der Waals surface area contributed by atoms with E-state index >= 15 is 0 Å². The summed E-state index contributed by atoms with van der Waals surface area (Å²) < 4.78 is 8.83. The van der Waals surface area contributed by atoms with E-state index in [-0.39, 0.29) is 5.91 Å². The van der Waals surface area contributed by atoms with E-state index in [2.05, 4.69) is 14.6 Å². The first-order chi connectivity index (χ1) is 15.6. The van der Waals surface area contributed by atoms with Crippen LogP contribution >= 0.6 is 11.9 Å². The Bertz CT molecular complexity index is 1040. The molecule has 1 fully saturated rings. The second kappa shape index (κ2) is 10.4. The fraction of sp³-hybridized carbons (Fsp3) is 0.280. The molecule has 0 atom stereocenters. The van der Waals surface area contributed by atoms with Crippen LogP contribution in [0.3, 0.4) is 0 Å². The van der Waals surface area contributed by atoms with Gasteiger partial charge in [-0.3, -0.25) is 4.79 Å². The van der Waals surface area contributed by atoms with E-state index < -0.39 is 0 Å². The predicted molar refractivity (Wildman–Crippen MR) is 131 cm³/mol. The van der Waals surface area contributed by atoms with Crippen molar-refractivity contribution >= 4 is 29.4 Å². The van der Waals surface area contributed by atoms with Crippen molar-refractivity contribution in [2.75, 3.05) is 42.4 Å². The lowest BCUT2D eigenvalue weighted by Crippen LogP contribution is -2.49. The molecule has 0 bridgehead atoms. The molecule has 4 rings (SSSR count). The Hall–Kier alpha value is -3.19. The van der Waals surface area contributed by atoms with Crippen LogP contribution in [0.2, 0.25) is 0 Å². The van der Waals surface area contributed by atoms with Crippen LogP contribution in [0.5, 0.6) is 5.75 Å². The number of hydrogen-bond donors (Lipinski definition) is 1. The molecule has 1 aromatic heterocycles. The van der Waals surface area contributed by atoms with Crippen LogP contribution in [0, 0.1) is 6.92 Å². The topological polar surface area (TPSA) is 57.7 Å². The molecule has 0 saturated carbocycles. The fourth-order valence-corrected chi connectivity index (χ4v) is 4.33. The van der Waals surface area contributed by atoms with E-state index in [1.165, 1.54) is 11.9 Å². The predicted octanol–water partition coefficient (Wildman–Crippen LogP) is 4.87. The summed E-state index contributed by atoms with van der Waals surface area (Å²) in [6.45, 7) is 7.57. The van der Waals surface area contributed by atoms with Gasteiger partial charge in [0.15, 0.2) is 0 Å². The van der Waals surface area contributed by atoms with Crippen LogP contribution < -0.4 is 14.4 Å². The Morgan fingerprint density at radius 1 is 1.06 bits per heavy atom. The van der Waals surface area contributed by atoms with E-state index in [0.29, 0.717) is 19.7 Å². The van der Waals surface area contributed by atoms with Gasteiger partial charge in [-0.1, -0.05) is 12.1 Å². The number of aromatic nitrogens is 1. The molecule has 1 aliphatic heterocycles. The summed E-state index contributed by atoms with van der Waals surface area (Å²) in [5, 5.41) is 0. The number of ether oxygens (including phenoxy) is 1. The minimum absolute atomic E-state index is 0.0895. The largest absolute Gasteiger partial charge is 0.494 e. The molecule has 1 N–H and O–H groups in total. The minimum atomic E-state index is 0.0895. The maximum atomic E-state index is 13.2. The number of carbonyl (C=O) groups is 1. The maximum absolute atomic E-state index is 13.2. The summed E-state index contributed by atoms with van der Waals surface area (Å²) in [5.74, 6) is 1.91. The fourth-order valence-electron chi connectivity index (χ4n) is 3.65. The van der Waals surface area contributed by atoms with Crippen LogP contribution in [-0.2, 0) is 0 Å². The number of nitrogens with one attached hydrogen (secondary N) is 1. The normalized spacial score (nSPS) is 13.7. The van der Waals surface area contributed by atoms with E-state index in [1.54, 1.807) is 6.20 Å². The van der Waals surface area contributed by atoms with Crippen molar-refractivity contribution in [1.82, 2.24) is 9.88 Å². The van der Waals surface area contributed by atoms with Crippen LogP contribution in [0.1, 0.15) is 22.8 Å². The van der Waals surface area contributed by atoms with Gasteiger partial charge < -0.3 is 19.3 Å². The number of aryl methyl sites for hydroxylation is 1. The summed E-state index contributed by atoms with van der Waals surface area (Å²) in [6.07, 6.45) is 1.81. The molecule has 7 heteroatoms. The number of amides is 1. The quantitative estimate of drug-likeness (QED) is 0.521. The molecule has 166 valence electrons. The number of piperazine rings is 1. The summed E-state index contributed by atoms with van der Waals surface area (Å²) in [5.41, 5.74) is 2.74. The van der Waals surface area contributed by atoms with E-state index in [9.17, 15) is 4.79 Å². The van der Waals surface area contributed by atoms with Gasteiger partial charge in [-0.05, 0) is 79.9 Å². The number of rotatable bonds is 7. The van der Waals surface area contributed by atoms with Crippen molar-refractivity contribution in [2.24, 2.45) is 0 Å². The third kappa shape index (κ3) is 5.34. The number of anilines is 2. The molecule has 1 aliphatic rings. The van der Waals surface area contributed by atoms with Gasteiger partial charge >= 0.3 is 0 Å². The van der Waals surface area contributed by atoms with Crippen molar-refractivity contribution < 1.29 is 9.53 Å². The lowest BCUT2D eigenvalue weighted by Gasteiger charge is -2.35. The second-order valence-corrected chi connectivity index (χ2v) is 8.49. The zero-order valence-electron chi connectivity index (χ0n) is 18.5. The smallest absolute Gasteiger partial charge is 0.254 e. The van der Waals surface area contributed by atoms with Gasteiger partial charge in [-0.2, -0.15) is 0 Å². The van der Waals surface area contributed by atoms with E-state index in [4.69, 9.17) is 4.74 Å². The molecule has 0 spiro atoms. The van der Waals surface area contributed by atoms with Crippen molar-refractivity contribution in [3.63, 3.8) is 0 Å². The Labute approximate surface area is 193 Å². The molecule has 0 unspecified atom stereocenters. The van der Waals surface area contributed by atoms with Crippen molar-refractivity contribution in [2.45, 2.75) is 18.7 Å². The summed E-state index contributed by atoms with van der Waals surface area (Å²) in [4.78, 5) is 22.8. The zero-order chi connectivity index (χ0) is 22.3. The molecule has 0 radical (unpaired) electrons. The Balaban J connectivity index is 1.37. The van der Waals surface area contributed by atoms with Crippen LogP contribution in [0.25, 0.3) is 0 Å². The highest BCUT2D eigenvalue weighted by Gasteiger charge is 2.24. The lowest BCUT2D eigenvalue weighted by molar-refractivity contribution is 0.0745. The van der Waals surface area contributed by atoms with Gasteiger partial charge in [0.2, 0.25) is 0 Å². The average Bonchev–Trinajstić information content (AvgIpc) is 2.85. The van der Waals surface area contributed by atoms with Crippen LogP contribution in [0.4, 0.5) is 11.5 Å². The van der Waals surface area contributed by atoms with Crippen LogP contribution in [-0.4, -0.2) is 48.6 Å². The highest BCUT2D eigenvalue weighted by Crippen LogP contribution is 2.26. The third-order valence-corrected chi connectivity index (χ3v) is 6.26. The maximum Gasteiger partial charge on any atom is 0.254 e. The third-order valence-electron chi connectivity index (χ3n) is 5.43. The molecule has 0 aliphatic carbocycles. The number of hydrogen-bond acceptors (Lipinski definition) is 6. The first-order valence-electron chi connectivity index (χ1n) is 10.9. The Kier molecular flexibility index (Phi) is 7.17. The lowest BCUT2D eigenvalue weighted by atomic mass is 10.1. The monoisotopic (exact) mass is 448 g/mol. The molecule has 2 aromatic carbocycles. The molecule has 2 heterocycles. The van der Waals surface area contributed by atoms with Gasteiger partial charge in [0.25, 0.3) is 5.91 Å². The molecule has 1 saturated heterocycles. The van der Waals surface area contributed by atoms with Gasteiger partial charge in [0.1, 0.15) is 11.6 Å². The number of nitrogens with zero attached hydrogens (tertiary/aromatic N) is 3. The van der Waals surface area contributed by atoms with Gasteiger partial charge in [-0.15, -0.1) is 0 Å². The molecule has 32 heavy (non-hydrogen) atoms. The molecule has 6 nitrogen and oxygen atoms in total. The highest BCUT2D eigenvalue weighted by molar-refractivity contribution is 8.00. The SMILES string of the molecule is CCOc1ccc(NSc2ccc(C)c(C(=O)N3CCN(c4ccccn4)CC3)c2)cc1. The van der Waals surface area contributed by atoms with Crippen molar-refractivity contribution in [1.29, 1.82) is 0 Å². The highest BCUT2D eigenvalue weighted by atomic mass is 32.2. The first kappa shape index (κ1) is 22.0. The van der Waals surface area contributed by atoms with Gasteiger partial charge in [-0.25, -0.2) is 4.98 Å². The molecule has 3 aromatic rings. The summed E-state index contributed by atoms with van der Waals surface area (Å²) >= 11 is 1.50. The number of pyridine rings is 1. The molecular formula is C25H28N4O2S. The average molecular weight is 449 g/mol. The van der Waals surface area contributed by atoms with Gasteiger partial charge in [0.05, 0.1) is 6.61 Å². The molecular weight excluding hydrogens is 420 g/mol. The van der Waals surface area contributed by atoms with Gasteiger partial charge in [0, 0.05) is 48.5 Å². The van der Waals surface area contributed by atoms with Crippen molar-refractivity contribution in [3.05, 3.63) is 78.0 Å². The second-order valence-electron chi connectivity index (χ2n) is 7.61. The minimum Gasteiger partial charge on any atom is -0.494 e. The number of carbonyl (C=O) groups excluding carboxylic acids is 1. The first-order valence-corrected chi connectivity index (χ1v) is 11.7. The molecule has 1 amide bonds. The van der Waals surface area contributed by atoms with E-state index in [0.717, 1.165) is 46.4 Å². The van der Waals surface area contributed by atoms with E-state index in [1.807, 2.05) is 79.4 Å². The van der Waals surface area contributed by atoms with Crippen LogP contribution in [0.15, 0.2) is 71.8 Å². The summed E-state index contributed by atoms with van der Waals surface area (Å²) in [6, 6.07) is 19.8. The zero-order valence-corrected chi connectivity index (χ0v) is 19.3.